The number of benzene rings is 1. The van der Waals surface area contributed by atoms with Crippen LogP contribution >= 0.6 is 0 Å². The van der Waals surface area contributed by atoms with Crippen molar-refractivity contribution in [2.45, 2.75) is 58.7 Å². The Hall–Kier alpha value is -1.92. The molecule has 1 aromatic carbocycles. The van der Waals surface area contributed by atoms with Crippen LogP contribution in [-0.2, 0) is 19.1 Å². The highest BCUT2D eigenvalue weighted by atomic mass is 16.5. The Bertz CT molecular complexity index is 580. The number of rotatable bonds is 9. The van der Waals surface area contributed by atoms with Crippen LogP contribution in [0, 0.1) is 5.92 Å². The first-order valence-corrected chi connectivity index (χ1v) is 9.38. The van der Waals surface area contributed by atoms with Gasteiger partial charge in [-0.1, -0.05) is 13.8 Å². The van der Waals surface area contributed by atoms with Gasteiger partial charge in [0.25, 0.3) is 5.91 Å². The summed E-state index contributed by atoms with van der Waals surface area (Å²) in [4.78, 5) is 24.0. The van der Waals surface area contributed by atoms with Crippen molar-refractivity contribution in [3.8, 4) is 0 Å². The van der Waals surface area contributed by atoms with Gasteiger partial charge in [-0.25, -0.2) is 0 Å². The van der Waals surface area contributed by atoms with Gasteiger partial charge in [0, 0.05) is 18.0 Å². The third-order valence-corrected chi connectivity index (χ3v) is 4.19. The third kappa shape index (κ3) is 7.14. The molecule has 144 valence electrons. The van der Waals surface area contributed by atoms with Gasteiger partial charge < -0.3 is 20.1 Å². The predicted octanol–water partition coefficient (Wildman–Crippen LogP) is 3.58. The number of nitrogens with one attached hydrogen (secondary N) is 2. The average molecular weight is 362 g/mol. The molecule has 0 unspecified atom stereocenters. The number of hydrogen-bond donors (Lipinski definition) is 2. The maximum Gasteiger partial charge on any atom is 0.253 e. The number of carbonyl (C=O) groups excluding carboxylic acids is 2. The van der Waals surface area contributed by atoms with Gasteiger partial charge in [-0.2, -0.15) is 0 Å². The lowest BCUT2D eigenvalue weighted by Gasteiger charge is -2.15. The van der Waals surface area contributed by atoms with Crippen LogP contribution in [0.25, 0.3) is 0 Å². The average Bonchev–Trinajstić information content (AvgIpc) is 3.10. The molecule has 6 heteroatoms. The maximum atomic E-state index is 12.0. The minimum Gasteiger partial charge on any atom is -0.378 e. The fourth-order valence-corrected chi connectivity index (χ4v) is 2.95. The summed E-state index contributed by atoms with van der Waals surface area (Å²) >= 11 is 0. The highest BCUT2D eigenvalue weighted by molar-refractivity contribution is 5.95. The van der Waals surface area contributed by atoms with Crippen LogP contribution in [0.3, 0.4) is 0 Å². The van der Waals surface area contributed by atoms with Crippen molar-refractivity contribution in [2.75, 3.05) is 23.8 Å². The highest BCUT2D eigenvalue weighted by Gasteiger charge is 2.23. The summed E-state index contributed by atoms with van der Waals surface area (Å²) in [7, 11) is 0. The fraction of sp³-hybridized carbons (Fsp3) is 0.600. The lowest BCUT2D eigenvalue weighted by atomic mass is 10.1. The van der Waals surface area contributed by atoms with Crippen molar-refractivity contribution in [3.63, 3.8) is 0 Å². The number of hydrogen-bond acceptors (Lipinski definition) is 4. The van der Waals surface area contributed by atoms with E-state index in [1.807, 2.05) is 6.92 Å². The van der Waals surface area contributed by atoms with Gasteiger partial charge in [-0.3, -0.25) is 9.59 Å². The molecule has 2 N–H and O–H groups in total. The molecule has 1 aliphatic heterocycles. The van der Waals surface area contributed by atoms with Crippen molar-refractivity contribution >= 4 is 23.2 Å². The van der Waals surface area contributed by atoms with E-state index in [0.29, 0.717) is 36.9 Å². The van der Waals surface area contributed by atoms with Crippen molar-refractivity contribution in [1.82, 2.24) is 0 Å². The minimum atomic E-state index is -0.354. The lowest BCUT2D eigenvalue weighted by Crippen LogP contribution is -2.26. The van der Waals surface area contributed by atoms with Gasteiger partial charge in [0.1, 0.15) is 6.10 Å². The molecular formula is C20H30N2O4. The monoisotopic (exact) mass is 362 g/mol. The van der Waals surface area contributed by atoms with Crippen LogP contribution in [0.4, 0.5) is 11.4 Å². The molecule has 0 bridgehead atoms. The Kier molecular flexibility index (Phi) is 8.06. The van der Waals surface area contributed by atoms with E-state index in [1.54, 1.807) is 24.3 Å². The summed E-state index contributed by atoms with van der Waals surface area (Å²) in [5, 5.41) is 5.67. The van der Waals surface area contributed by atoms with Gasteiger partial charge in [0.2, 0.25) is 5.91 Å². The molecule has 0 radical (unpaired) electrons. The smallest absolute Gasteiger partial charge is 0.253 e. The summed E-state index contributed by atoms with van der Waals surface area (Å²) in [5.74, 6) is 0.378. The second kappa shape index (κ2) is 10.3. The van der Waals surface area contributed by atoms with Crippen molar-refractivity contribution < 1.29 is 19.1 Å². The van der Waals surface area contributed by atoms with Gasteiger partial charge >= 0.3 is 0 Å². The molecular weight excluding hydrogens is 332 g/mol. The van der Waals surface area contributed by atoms with E-state index in [4.69, 9.17) is 9.47 Å². The number of ether oxygens (including phenoxy) is 2. The van der Waals surface area contributed by atoms with E-state index in [-0.39, 0.29) is 24.0 Å². The van der Waals surface area contributed by atoms with Crippen LogP contribution in [0.5, 0.6) is 0 Å². The van der Waals surface area contributed by atoms with Crippen molar-refractivity contribution in [1.29, 1.82) is 0 Å². The quantitative estimate of drug-likeness (QED) is 0.704. The second-order valence-electron chi connectivity index (χ2n) is 7.18. The van der Waals surface area contributed by atoms with Crippen molar-refractivity contribution in [2.24, 2.45) is 5.92 Å². The van der Waals surface area contributed by atoms with E-state index in [0.717, 1.165) is 19.3 Å². The lowest BCUT2D eigenvalue weighted by molar-refractivity contribution is -0.124. The summed E-state index contributed by atoms with van der Waals surface area (Å²) in [5.41, 5.74) is 1.38. The van der Waals surface area contributed by atoms with E-state index in [1.165, 1.54) is 0 Å². The first-order chi connectivity index (χ1) is 12.4. The second-order valence-corrected chi connectivity index (χ2v) is 7.18. The van der Waals surface area contributed by atoms with E-state index < -0.39 is 0 Å². The van der Waals surface area contributed by atoms with Gasteiger partial charge in [0.05, 0.1) is 19.1 Å². The van der Waals surface area contributed by atoms with Gasteiger partial charge in [0.15, 0.2) is 0 Å². The summed E-state index contributed by atoms with van der Waals surface area (Å²) in [6, 6.07) is 7.07. The molecule has 1 fully saturated rings. The summed E-state index contributed by atoms with van der Waals surface area (Å²) in [6.45, 7) is 7.39. The molecule has 1 heterocycles. The van der Waals surface area contributed by atoms with Crippen LogP contribution in [0.1, 0.15) is 46.5 Å². The van der Waals surface area contributed by atoms with Crippen molar-refractivity contribution in [3.05, 3.63) is 24.3 Å². The molecule has 1 aromatic rings. The number of amides is 2. The molecule has 0 saturated carbocycles. The molecule has 6 nitrogen and oxygen atoms in total. The Morgan fingerprint density at radius 2 is 1.81 bits per heavy atom. The molecule has 0 aromatic heterocycles. The highest BCUT2D eigenvalue weighted by Crippen LogP contribution is 2.17. The van der Waals surface area contributed by atoms with E-state index >= 15 is 0 Å². The largest absolute Gasteiger partial charge is 0.378 e. The zero-order chi connectivity index (χ0) is 18.9. The van der Waals surface area contributed by atoms with Gasteiger partial charge in [-0.05, 0) is 56.4 Å². The first-order valence-electron chi connectivity index (χ1n) is 9.38. The molecule has 2 atom stereocenters. The number of carbonyl (C=O) groups is 2. The molecule has 26 heavy (non-hydrogen) atoms. The Balaban J connectivity index is 1.70. The summed E-state index contributed by atoms with van der Waals surface area (Å²) in [6.07, 6.45) is 2.80. The van der Waals surface area contributed by atoms with E-state index in [9.17, 15) is 9.59 Å². The van der Waals surface area contributed by atoms with Gasteiger partial charge in [-0.15, -0.1) is 0 Å². The standard InChI is InChI=1S/C20H30N2O4/c1-14(2)13-15(3)25-12-10-19(23)21-16-6-8-17(9-7-16)22-20(24)18-5-4-11-26-18/h6-9,14-15,18H,4-5,10-13H2,1-3H3,(H,21,23)(H,22,24)/t15-,18+/m1/s1. The first kappa shape index (κ1) is 20.4. The molecule has 1 saturated heterocycles. The van der Waals surface area contributed by atoms with Crippen LogP contribution in [-0.4, -0.2) is 37.2 Å². The fourth-order valence-electron chi connectivity index (χ4n) is 2.95. The summed E-state index contributed by atoms with van der Waals surface area (Å²) < 4.78 is 11.0. The van der Waals surface area contributed by atoms with Crippen LogP contribution in [0.2, 0.25) is 0 Å². The molecule has 2 amide bonds. The number of anilines is 2. The minimum absolute atomic E-state index is 0.0853. The molecule has 0 spiro atoms. The topological polar surface area (TPSA) is 76.7 Å². The normalized spacial score (nSPS) is 17.9. The van der Waals surface area contributed by atoms with Crippen LogP contribution < -0.4 is 10.6 Å². The Morgan fingerprint density at radius 3 is 2.38 bits per heavy atom. The zero-order valence-corrected chi connectivity index (χ0v) is 15.9. The maximum absolute atomic E-state index is 12.0. The van der Waals surface area contributed by atoms with E-state index in [2.05, 4.69) is 24.5 Å². The Morgan fingerprint density at radius 1 is 1.15 bits per heavy atom. The predicted molar refractivity (Wildman–Crippen MR) is 102 cm³/mol. The zero-order valence-electron chi connectivity index (χ0n) is 15.9. The SMILES string of the molecule is CC(C)C[C@@H](C)OCCC(=O)Nc1ccc(NC(=O)[C@@H]2CCCO2)cc1. The Labute approximate surface area is 155 Å². The molecule has 1 aliphatic rings. The molecule has 2 rings (SSSR count). The van der Waals surface area contributed by atoms with Crippen LogP contribution in [0.15, 0.2) is 24.3 Å². The third-order valence-electron chi connectivity index (χ3n) is 4.19. The molecule has 0 aliphatic carbocycles.